The maximum atomic E-state index is 11.4. The molecule has 0 bridgehead atoms. The molecular weight excluding hydrogens is 381 g/mol. The van der Waals surface area contributed by atoms with E-state index in [-0.39, 0.29) is 36.4 Å². The Labute approximate surface area is 145 Å². The summed E-state index contributed by atoms with van der Waals surface area (Å²) in [6.07, 6.45) is 2.50. The van der Waals surface area contributed by atoms with Crippen LogP contribution in [0.2, 0.25) is 0 Å². The number of nitrogens with zero attached hydrogens (tertiary/aromatic N) is 2. The summed E-state index contributed by atoms with van der Waals surface area (Å²) in [5.41, 5.74) is 0. The molecule has 1 aliphatic rings. The summed E-state index contributed by atoms with van der Waals surface area (Å²) in [4.78, 5) is 18.2. The average Bonchev–Trinajstić information content (AvgIpc) is 2.89. The van der Waals surface area contributed by atoms with Crippen molar-refractivity contribution in [3.63, 3.8) is 0 Å². The molecule has 0 aromatic carbocycles. The minimum Gasteiger partial charge on any atom is -0.357 e. The van der Waals surface area contributed by atoms with Gasteiger partial charge in [-0.25, -0.2) is 4.99 Å². The minimum atomic E-state index is -0.0410. The fourth-order valence-electron chi connectivity index (χ4n) is 2.50. The van der Waals surface area contributed by atoms with E-state index in [0.29, 0.717) is 12.6 Å². The van der Waals surface area contributed by atoms with Crippen molar-refractivity contribution in [3.05, 3.63) is 0 Å². The van der Waals surface area contributed by atoms with Crippen LogP contribution in [0.15, 0.2) is 4.99 Å². The van der Waals surface area contributed by atoms with E-state index < -0.39 is 0 Å². The molecule has 6 nitrogen and oxygen atoms in total. The lowest BCUT2D eigenvalue weighted by Crippen LogP contribution is -2.45. The van der Waals surface area contributed by atoms with Gasteiger partial charge in [0.15, 0.2) is 5.96 Å². The zero-order chi connectivity index (χ0) is 14.8. The van der Waals surface area contributed by atoms with Crippen LogP contribution in [0.5, 0.6) is 0 Å². The Kier molecular flexibility index (Phi) is 11.7. The molecule has 0 spiro atoms. The van der Waals surface area contributed by atoms with Crippen molar-refractivity contribution in [1.82, 2.24) is 20.9 Å². The summed E-state index contributed by atoms with van der Waals surface area (Å²) in [6.45, 7) is 10.9. The Hall–Kier alpha value is -0.570. The van der Waals surface area contributed by atoms with Crippen molar-refractivity contribution in [3.8, 4) is 0 Å². The topological polar surface area (TPSA) is 68.8 Å². The number of hydrogen-bond acceptors (Lipinski definition) is 3. The van der Waals surface area contributed by atoms with Crippen molar-refractivity contribution in [1.29, 1.82) is 0 Å². The van der Waals surface area contributed by atoms with Gasteiger partial charge < -0.3 is 16.0 Å². The summed E-state index contributed by atoms with van der Waals surface area (Å²) >= 11 is 0. The highest BCUT2D eigenvalue weighted by molar-refractivity contribution is 14.0. The number of hydrogen-bond donors (Lipinski definition) is 3. The van der Waals surface area contributed by atoms with Gasteiger partial charge in [-0.2, -0.15) is 0 Å². The molecule has 1 heterocycles. The number of halogens is 1. The summed E-state index contributed by atoms with van der Waals surface area (Å²) in [6, 6.07) is 0.577. The third-order valence-corrected chi connectivity index (χ3v) is 3.51. The number of rotatable bonds is 7. The average molecular weight is 411 g/mol. The number of likely N-dealkylation sites (tertiary alicyclic amines) is 1. The zero-order valence-corrected chi connectivity index (χ0v) is 15.8. The van der Waals surface area contributed by atoms with Crippen molar-refractivity contribution in [2.24, 2.45) is 4.99 Å². The molecule has 0 aromatic rings. The van der Waals surface area contributed by atoms with E-state index in [1.807, 2.05) is 13.8 Å². The minimum absolute atomic E-state index is 0. The summed E-state index contributed by atoms with van der Waals surface area (Å²) in [7, 11) is 0. The number of aliphatic imine (C=N–C) groups is 1. The molecule has 21 heavy (non-hydrogen) atoms. The van der Waals surface area contributed by atoms with Crippen molar-refractivity contribution in [2.45, 2.75) is 39.7 Å². The van der Waals surface area contributed by atoms with E-state index in [2.05, 4.69) is 32.8 Å². The van der Waals surface area contributed by atoms with Gasteiger partial charge in [-0.3, -0.25) is 9.69 Å². The Balaban J connectivity index is 0.00000400. The van der Waals surface area contributed by atoms with Gasteiger partial charge in [-0.15, -0.1) is 24.0 Å². The molecule has 7 heteroatoms. The van der Waals surface area contributed by atoms with Gasteiger partial charge in [0.1, 0.15) is 6.54 Å². The molecule has 0 saturated carbocycles. The summed E-state index contributed by atoms with van der Waals surface area (Å²) in [5.74, 6) is 0.683. The Bertz CT molecular complexity index is 324. The lowest BCUT2D eigenvalue weighted by atomic mass is 10.2. The maximum absolute atomic E-state index is 11.4. The Morgan fingerprint density at radius 3 is 2.52 bits per heavy atom. The highest BCUT2D eigenvalue weighted by Crippen LogP contribution is 2.15. The van der Waals surface area contributed by atoms with Crippen LogP contribution in [-0.4, -0.2) is 62.1 Å². The van der Waals surface area contributed by atoms with Crippen molar-refractivity contribution in [2.75, 3.05) is 39.3 Å². The number of nitrogens with one attached hydrogen (secondary N) is 3. The zero-order valence-electron chi connectivity index (χ0n) is 13.4. The quantitative estimate of drug-likeness (QED) is 0.329. The molecular formula is C14H30IN5O. The second-order valence-corrected chi connectivity index (χ2v) is 4.95. The van der Waals surface area contributed by atoms with Crippen LogP contribution in [0.3, 0.4) is 0 Å². The first kappa shape index (κ1) is 20.4. The van der Waals surface area contributed by atoms with E-state index >= 15 is 0 Å². The number of carbonyl (C=O) groups is 1. The molecule has 124 valence electrons. The molecule has 1 atom stereocenters. The third-order valence-electron chi connectivity index (χ3n) is 3.51. The lowest BCUT2D eigenvalue weighted by molar-refractivity contribution is -0.119. The smallest absolute Gasteiger partial charge is 0.241 e. The van der Waals surface area contributed by atoms with E-state index in [0.717, 1.165) is 25.6 Å². The molecule has 1 aliphatic heterocycles. The molecule has 3 N–H and O–H groups in total. The number of guanidine groups is 1. The Morgan fingerprint density at radius 2 is 1.90 bits per heavy atom. The van der Waals surface area contributed by atoms with Crippen LogP contribution >= 0.6 is 24.0 Å². The molecule has 0 aliphatic carbocycles. The van der Waals surface area contributed by atoms with E-state index in [9.17, 15) is 4.79 Å². The molecule has 1 rings (SSSR count). The lowest BCUT2D eigenvalue weighted by Gasteiger charge is -2.23. The van der Waals surface area contributed by atoms with Gasteiger partial charge in [-0.1, -0.05) is 6.92 Å². The number of amides is 1. The standard InChI is InChI=1S/C14H29N5O.HI/c1-4-15-13(20)11-18-14(16-5-2)17-10-12-8-7-9-19(12)6-3;/h12H,4-11H2,1-3H3,(H,15,20)(H2,16,17,18);1H. The van der Waals surface area contributed by atoms with Crippen LogP contribution < -0.4 is 16.0 Å². The van der Waals surface area contributed by atoms with Crippen LogP contribution in [-0.2, 0) is 4.79 Å². The number of carbonyl (C=O) groups excluding carboxylic acids is 1. The molecule has 1 amide bonds. The van der Waals surface area contributed by atoms with E-state index in [4.69, 9.17) is 0 Å². The molecule has 1 unspecified atom stereocenters. The fourth-order valence-corrected chi connectivity index (χ4v) is 2.50. The maximum Gasteiger partial charge on any atom is 0.241 e. The highest BCUT2D eigenvalue weighted by Gasteiger charge is 2.22. The first-order chi connectivity index (χ1) is 9.71. The second-order valence-electron chi connectivity index (χ2n) is 4.95. The molecule has 1 fully saturated rings. The predicted molar refractivity (Wildman–Crippen MR) is 98.3 cm³/mol. The van der Waals surface area contributed by atoms with Crippen molar-refractivity contribution >= 4 is 35.8 Å². The SMILES string of the molecule is CCNC(=O)CN=C(NCC)NCC1CCCN1CC.I. The van der Waals surface area contributed by atoms with Gasteiger partial charge in [0.25, 0.3) is 0 Å². The van der Waals surface area contributed by atoms with Crippen LogP contribution in [0.1, 0.15) is 33.6 Å². The summed E-state index contributed by atoms with van der Waals surface area (Å²) in [5, 5.41) is 9.27. The third kappa shape index (κ3) is 7.85. The fraction of sp³-hybridized carbons (Fsp3) is 0.857. The highest BCUT2D eigenvalue weighted by atomic mass is 127. The normalized spacial score (nSPS) is 19.0. The van der Waals surface area contributed by atoms with Gasteiger partial charge >= 0.3 is 0 Å². The predicted octanol–water partition coefficient (Wildman–Crippen LogP) is 0.780. The van der Waals surface area contributed by atoms with Gasteiger partial charge in [0, 0.05) is 25.7 Å². The van der Waals surface area contributed by atoms with Gasteiger partial charge in [-0.05, 0) is 39.8 Å². The van der Waals surface area contributed by atoms with Gasteiger partial charge in [0.05, 0.1) is 0 Å². The summed E-state index contributed by atoms with van der Waals surface area (Å²) < 4.78 is 0. The van der Waals surface area contributed by atoms with Crippen molar-refractivity contribution < 1.29 is 4.79 Å². The monoisotopic (exact) mass is 411 g/mol. The van der Waals surface area contributed by atoms with Crippen LogP contribution in [0.4, 0.5) is 0 Å². The molecule has 1 saturated heterocycles. The first-order valence-corrected chi connectivity index (χ1v) is 7.74. The number of likely N-dealkylation sites (N-methyl/N-ethyl adjacent to an activating group) is 2. The van der Waals surface area contributed by atoms with E-state index in [1.165, 1.54) is 19.4 Å². The molecule has 0 aromatic heterocycles. The largest absolute Gasteiger partial charge is 0.357 e. The van der Waals surface area contributed by atoms with E-state index in [1.54, 1.807) is 0 Å². The Morgan fingerprint density at radius 1 is 1.19 bits per heavy atom. The molecule has 0 radical (unpaired) electrons. The first-order valence-electron chi connectivity index (χ1n) is 7.74. The second kappa shape index (κ2) is 12.0. The van der Waals surface area contributed by atoms with Crippen LogP contribution in [0.25, 0.3) is 0 Å². The van der Waals surface area contributed by atoms with Crippen LogP contribution in [0, 0.1) is 0 Å². The van der Waals surface area contributed by atoms with Gasteiger partial charge in [0.2, 0.25) is 5.91 Å².